The van der Waals surface area contributed by atoms with E-state index < -0.39 is 51.4 Å². The first-order valence-corrected chi connectivity index (χ1v) is 17.5. The second kappa shape index (κ2) is 14.6. The van der Waals surface area contributed by atoms with Gasteiger partial charge < -0.3 is 15.0 Å². The smallest absolute Gasteiger partial charge is 0.410 e. The van der Waals surface area contributed by atoms with Crippen LogP contribution >= 0.6 is 11.6 Å². The number of hydrogen-bond acceptors (Lipinski definition) is 6. The van der Waals surface area contributed by atoms with E-state index in [4.69, 9.17) is 16.3 Å². The molecule has 250 valence electrons. The van der Waals surface area contributed by atoms with Gasteiger partial charge in [-0.2, -0.15) is 4.31 Å². The molecule has 2 fully saturated rings. The minimum absolute atomic E-state index is 0.0331. The maximum atomic E-state index is 15.4. The highest BCUT2D eigenvalue weighted by Gasteiger charge is 2.44. The summed E-state index contributed by atoms with van der Waals surface area (Å²) in [4.78, 5) is 31.4. The van der Waals surface area contributed by atoms with E-state index in [1.165, 1.54) is 16.4 Å². The number of benzene rings is 2. The van der Waals surface area contributed by atoms with Gasteiger partial charge in [0, 0.05) is 52.3 Å². The van der Waals surface area contributed by atoms with Gasteiger partial charge in [-0.15, -0.1) is 0 Å². The van der Waals surface area contributed by atoms with Crippen LogP contribution in [0.25, 0.3) is 10.4 Å². The zero-order chi connectivity index (χ0) is 33.8. The Kier molecular flexibility index (Phi) is 11.2. The molecular weight excluding hydrogens is 635 g/mol. The number of halogens is 2. The number of anilines is 1. The summed E-state index contributed by atoms with van der Waals surface area (Å²) < 4.78 is 48.9. The molecule has 0 spiro atoms. The minimum atomic E-state index is -3.60. The average Bonchev–Trinajstić information content (AvgIpc) is 3.08. The molecule has 5 atom stereocenters. The van der Waals surface area contributed by atoms with Gasteiger partial charge in [0.05, 0.1) is 5.75 Å². The average molecular weight is 677 g/mol. The number of amides is 2. The lowest BCUT2D eigenvalue weighted by Gasteiger charge is -2.44. The van der Waals surface area contributed by atoms with Crippen LogP contribution in [0.4, 0.5) is 14.9 Å². The zero-order valence-corrected chi connectivity index (χ0v) is 28.4. The molecule has 2 aromatic rings. The number of carbonyl (C=O) groups is 2. The Morgan fingerprint density at radius 1 is 1.17 bits per heavy atom. The highest BCUT2D eigenvalue weighted by molar-refractivity contribution is 7.89. The highest BCUT2D eigenvalue weighted by Crippen LogP contribution is 2.34. The maximum absolute atomic E-state index is 15.4. The molecule has 2 aliphatic rings. The van der Waals surface area contributed by atoms with Crippen molar-refractivity contribution in [3.05, 3.63) is 74.9 Å². The first-order chi connectivity index (χ1) is 21.6. The summed E-state index contributed by atoms with van der Waals surface area (Å²) in [5, 5.41) is 7.14. The van der Waals surface area contributed by atoms with Gasteiger partial charge in [0.1, 0.15) is 17.5 Å². The first-order valence-electron chi connectivity index (χ1n) is 15.5. The van der Waals surface area contributed by atoms with Gasteiger partial charge in [0.25, 0.3) is 0 Å². The predicted molar refractivity (Wildman–Crippen MR) is 176 cm³/mol. The lowest BCUT2D eigenvalue weighted by atomic mass is 9.82. The number of azide groups is 1. The van der Waals surface area contributed by atoms with E-state index in [-0.39, 0.29) is 54.9 Å². The van der Waals surface area contributed by atoms with Crippen molar-refractivity contribution < 1.29 is 27.1 Å². The lowest BCUT2D eigenvalue weighted by molar-refractivity contribution is -0.118. The molecule has 2 aromatic carbocycles. The number of rotatable bonds is 9. The maximum Gasteiger partial charge on any atom is 0.410 e. The Balaban J connectivity index is 1.59. The number of ether oxygens (including phenoxy) is 1. The third kappa shape index (κ3) is 8.50. The molecule has 0 saturated carbocycles. The fourth-order valence-corrected chi connectivity index (χ4v) is 8.23. The molecule has 0 aromatic heterocycles. The van der Waals surface area contributed by atoms with Crippen LogP contribution in [0, 0.1) is 11.7 Å². The molecular formula is C32H42ClFN6O5S. The van der Waals surface area contributed by atoms with Crippen molar-refractivity contribution in [2.45, 2.75) is 89.9 Å². The molecule has 0 radical (unpaired) electrons. The Hall–Kier alpha value is -3.38. The molecule has 2 aliphatic heterocycles. The quantitative estimate of drug-likeness (QED) is 0.175. The molecule has 14 heteroatoms. The van der Waals surface area contributed by atoms with E-state index in [1.807, 2.05) is 13.8 Å². The SMILES string of the molecule is CC(C)[C@H](c1ccc(Cl)cc1)[C@H](N=[N+]=[N-])C(=O)Nc1cccc(F)c1CCC1CN(C(=O)OC(C)(C)C)C2CCCS(=O)(=O)N1C2. The zero-order valence-electron chi connectivity index (χ0n) is 26.8. The summed E-state index contributed by atoms with van der Waals surface area (Å²) in [5.74, 6) is -1.81. The standard InChI is InChI=1S/C32H42ClFN6O5S/c1-20(2)28(21-11-13-22(33)14-12-21)29(37-38-35)30(41)36-27-10-6-9-26(34)25(27)16-15-24-18-39(31(42)45-32(3,4)5)23-8-7-17-46(43,44)40(24)19-23/h6,9-14,20,23-24,28-29H,7-8,15-19H2,1-5H3,(H,36,41)/t23?,24?,28-,29+/m1/s1. The van der Waals surface area contributed by atoms with Crippen LogP contribution in [-0.2, 0) is 26.0 Å². The molecule has 2 saturated heterocycles. The molecule has 11 nitrogen and oxygen atoms in total. The van der Waals surface area contributed by atoms with Gasteiger partial charge in [-0.05, 0) is 87.7 Å². The summed E-state index contributed by atoms with van der Waals surface area (Å²) in [6.07, 6.45) is 0.700. The van der Waals surface area contributed by atoms with Gasteiger partial charge >= 0.3 is 6.09 Å². The summed E-state index contributed by atoms with van der Waals surface area (Å²) >= 11 is 6.07. The molecule has 46 heavy (non-hydrogen) atoms. The monoisotopic (exact) mass is 676 g/mol. The molecule has 1 N–H and O–H groups in total. The van der Waals surface area contributed by atoms with Crippen LogP contribution in [0.3, 0.4) is 0 Å². The Morgan fingerprint density at radius 2 is 1.87 bits per heavy atom. The number of sulfonamides is 1. The van der Waals surface area contributed by atoms with Crippen LogP contribution < -0.4 is 5.32 Å². The third-order valence-corrected chi connectivity index (χ3v) is 10.7. The Labute approximate surface area is 275 Å². The van der Waals surface area contributed by atoms with Crippen molar-refractivity contribution in [2.75, 3.05) is 24.2 Å². The summed E-state index contributed by atoms with van der Waals surface area (Å²) in [7, 11) is -3.60. The molecule has 2 bridgehead atoms. The number of nitrogens with zero attached hydrogens (tertiary/aromatic N) is 5. The normalized spacial score (nSPS) is 22.3. The van der Waals surface area contributed by atoms with Gasteiger partial charge in [0.15, 0.2) is 0 Å². The van der Waals surface area contributed by atoms with Crippen LogP contribution in [0.5, 0.6) is 0 Å². The van der Waals surface area contributed by atoms with E-state index in [0.717, 1.165) is 5.56 Å². The molecule has 4 rings (SSSR count). The highest BCUT2D eigenvalue weighted by atomic mass is 35.5. The van der Waals surface area contributed by atoms with Crippen LogP contribution in [0.2, 0.25) is 5.02 Å². The third-order valence-electron chi connectivity index (χ3n) is 8.43. The summed E-state index contributed by atoms with van der Waals surface area (Å²) in [5.41, 5.74) is 9.77. The van der Waals surface area contributed by atoms with Crippen molar-refractivity contribution in [3.63, 3.8) is 0 Å². The number of nitrogens with one attached hydrogen (secondary N) is 1. The van der Waals surface area contributed by atoms with Crippen molar-refractivity contribution in [1.82, 2.24) is 9.21 Å². The van der Waals surface area contributed by atoms with Crippen molar-refractivity contribution >= 4 is 39.3 Å². The molecule has 2 amide bonds. The van der Waals surface area contributed by atoms with Gasteiger partial charge in [-0.1, -0.05) is 48.8 Å². The van der Waals surface area contributed by atoms with Crippen molar-refractivity contribution in [2.24, 2.45) is 11.0 Å². The van der Waals surface area contributed by atoms with E-state index in [2.05, 4.69) is 15.3 Å². The Morgan fingerprint density at radius 3 is 2.50 bits per heavy atom. The lowest BCUT2D eigenvalue weighted by Crippen LogP contribution is -2.60. The summed E-state index contributed by atoms with van der Waals surface area (Å²) in [6, 6.07) is 9.15. The summed E-state index contributed by atoms with van der Waals surface area (Å²) in [6.45, 7) is 9.38. The van der Waals surface area contributed by atoms with E-state index in [1.54, 1.807) is 56.0 Å². The number of hydrogen-bond donors (Lipinski definition) is 1. The van der Waals surface area contributed by atoms with Crippen LogP contribution in [0.1, 0.15) is 70.9 Å². The van der Waals surface area contributed by atoms with Gasteiger partial charge in [-0.25, -0.2) is 17.6 Å². The molecule has 2 heterocycles. The second-order valence-corrected chi connectivity index (χ2v) is 15.7. The first kappa shape index (κ1) is 35.5. The number of piperazine rings is 1. The fourth-order valence-electron chi connectivity index (χ4n) is 6.32. The number of fused-ring (bicyclic) bond motifs is 2. The molecule has 0 aliphatic carbocycles. The topological polar surface area (TPSA) is 145 Å². The fraction of sp³-hybridized carbons (Fsp3) is 0.562. The largest absolute Gasteiger partial charge is 0.444 e. The minimum Gasteiger partial charge on any atom is -0.444 e. The van der Waals surface area contributed by atoms with Crippen molar-refractivity contribution in [1.29, 1.82) is 0 Å². The Bertz CT molecular complexity index is 1580. The molecule has 3 unspecified atom stereocenters. The van der Waals surface area contributed by atoms with E-state index in [9.17, 15) is 23.5 Å². The van der Waals surface area contributed by atoms with E-state index in [0.29, 0.717) is 17.9 Å². The van der Waals surface area contributed by atoms with Gasteiger partial charge in [-0.3, -0.25) is 4.79 Å². The van der Waals surface area contributed by atoms with Crippen LogP contribution in [0.15, 0.2) is 47.6 Å². The van der Waals surface area contributed by atoms with Crippen LogP contribution in [-0.4, -0.2) is 72.2 Å². The predicted octanol–water partition coefficient (Wildman–Crippen LogP) is 6.88. The number of carbonyl (C=O) groups excluding carboxylic acids is 2. The van der Waals surface area contributed by atoms with E-state index >= 15 is 4.39 Å². The van der Waals surface area contributed by atoms with Crippen molar-refractivity contribution in [3.8, 4) is 0 Å². The second-order valence-electron chi connectivity index (χ2n) is 13.2. The van der Waals surface area contributed by atoms with Gasteiger partial charge in [0.2, 0.25) is 15.9 Å².